The summed E-state index contributed by atoms with van der Waals surface area (Å²) in [6.07, 6.45) is 0. The third-order valence-electron chi connectivity index (χ3n) is 1.22. The molecule has 0 amide bonds. The Hall–Kier alpha value is 1.15. The molecule has 1 rings (SSSR count). The van der Waals surface area contributed by atoms with Crippen molar-refractivity contribution in [2.45, 2.75) is 0 Å². The predicted molar refractivity (Wildman–Crippen MR) is 45.4 cm³/mol. The van der Waals surface area contributed by atoms with E-state index in [9.17, 15) is 0 Å². The average Bonchev–Trinajstić information content (AvgIpc) is 1.90. The summed E-state index contributed by atoms with van der Waals surface area (Å²) in [4.78, 5) is 2.06. The van der Waals surface area contributed by atoms with Gasteiger partial charge in [-0.05, 0) is 0 Å². The van der Waals surface area contributed by atoms with E-state index in [-0.39, 0.29) is 71.3 Å². The first-order chi connectivity index (χ1) is 4.30. The Labute approximate surface area is 125 Å². The first-order valence-electron chi connectivity index (χ1n) is 2.94. The summed E-state index contributed by atoms with van der Waals surface area (Å²) in [5.41, 5.74) is 1.22. The van der Waals surface area contributed by atoms with Crippen LogP contribution >= 0.6 is 0 Å². The molecular weight excluding hydrogens is 257 g/mol. The first-order valence-corrected chi connectivity index (χ1v) is 2.94. The van der Waals surface area contributed by atoms with E-state index in [1.807, 2.05) is 38.4 Å². The van der Waals surface area contributed by atoms with Crippen LogP contribution in [0.15, 0.2) is 24.3 Å². The fourth-order valence-electron chi connectivity index (χ4n) is 0.676. The number of halogens is 2. The van der Waals surface area contributed by atoms with Crippen molar-refractivity contribution < 1.29 is 48.2 Å². The van der Waals surface area contributed by atoms with E-state index in [0.717, 1.165) is 0 Å². The van der Waals surface area contributed by atoms with Crippen molar-refractivity contribution >= 4 is 28.7 Å². The number of hydrogen-bond donors (Lipinski definition) is 0. The monoisotopic (exact) mass is 265 g/mol. The number of rotatable bonds is 1. The summed E-state index contributed by atoms with van der Waals surface area (Å²) in [6.45, 7) is 0. The Morgan fingerprint density at radius 3 is 1.77 bits per heavy atom. The van der Waals surface area contributed by atoms with Crippen LogP contribution in [-0.4, -0.2) is 37.1 Å². The summed E-state index contributed by atoms with van der Waals surface area (Å²) in [5, 5.41) is 0. The molecular formula is C8H10BrClLiMgN. The normalized spacial score (nSPS) is 6.31. The fraction of sp³-hybridized carbons (Fsp3) is 0.250. The molecule has 0 saturated carbocycles. The molecule has 0 heterocycles. The van der Waals surface area contributed by atoms with Crippen LogP contribution in [0.25, 0.3) is 0 Å². The molecule has 0 spiro atoms. The van der Waals surface area contributed by atoms with Gasteiger partial charge in [-0.15, -0.1) is 12.1 Å². The second kappa shape index (κ2) is 13.2. The van der Waals surface area contributed by atoms with Crippen LogP contribution in [0.4, 0.5) is 5.69 Å². The van der Waals surface area contributed by atoms with Gasteiger partial charge in [0.25, 0.3) is 0 Å². The molecule has 0 radical (unpaired) electrons. The van der Waals surface area contributed by atoms with Crippen molar-refractivity contribution in [2.24, 2.45) is 0 Å². The van der Waals surface area contributed by atoms with E-state index in [0.29, 0.717) is 0 Å². The summed E-state index contributed by atoms with van der Waals surface area (Å²) >= 11 is 0. The van der Waals surface area contributed by atoms with Crippen molar-refractivity contribution in [3.8, 4) is 0 Å². The van der Waals surface area contributed by atoms with E-state index in [1.165, 1.54) is 5.69 Å². The minimum atomic E-state index is 0. The Morgan fingerprint density at radius 1 is 1.15 bits per heavy atom. The molecule has 0 N–H and O–H groups in total. The maximum Gasteiger partial charge on any atom is 2.00 e. The molecule has 1 aromatic carbocycles. The van der Waals surface area contributed by atoms with Gasteiger partial charge in [0.2, 0.25) is 0 Å². The molecule has 5 heteroatoms. The zero-order chi connectivity index (χ0) is 6.69. The van der Waals surface area contributed by atoms with Gasteiger partial charge in [-0.25, -0.2) is 0 Å². The van der Waals surface area contributed by atoms with Gasteiger partial charge in [0.1, 0.15) is 0 Å². The molecule has 0 aliphatic carbocycles. The Bertz CT molecular complexity index is 187. The molecule has 0 atom stereocenters. The smallest absolute Gasteiger partial charge is 1.00 e. The van der Waals surface area contributed by atoms with Gasteiger partial charge in [0.05, 0.1) is 0 Å². The third kappa shape index (κ3) is 9.46. The quantitative estimate of drug-likeness (QED) is 0.361. The summed E-state index contributed by atoms with van der Waals surface area (Å²) in [5.74, 6) is 0. The molecule has 0 fully saturated rings. The van der Waals surface area contributed by atoms with Crippen molar-refractivity contribution in [3.63, 3.8) is 0 Å². The Morgan fingerprint density at radius 2 is 1.54 bits per heavy atom. The van der Waals surface area contributed by atoms with Crippen LogP contribution < -0.4 is 53.1 Å². The largest absolute Gasteiger partial charge is 2.00 e. The van der Waals surface area contributed by atoms with Crippen LogP contribution in [0.1, 0.15) is 0 Å². The SMILES string of the molecule is CN(C)c1cc[c-]cc1.[Br-].[Cl-].[Li+].[Mg+2]. The van der Waals surface area contributed by atoms with Gasteiger partial charge < -0.3 is 34.3 Å². The van der Waals surface area contributed by atoms with Crippen molar-refractivity contribution in [1.82, 2.24) is 0 Å². The topological polar surface area (TPSA) is 3.24 Å². The van der Waals surface area contributed by atoms with Gasteiger partial charge in [-0.1, -0.05) is 5.69 Å². The summed E-state index contributed by atoms with van der Waals surface area (Å²) in [7, 11) is 4.05. The maximum absolute atomic E-state index is 2.96. The van der Waals surface area contributed by atoms with E-state index in [2.05, 4.69) is 11.0 Å². The number of anilines is 1. The first kappa shape index (κ1) is 23.8. The van der Waals surface area contributed by atoms with Gasteiger partial charge in [0.15, 0.2) is 0 Å². The predicted octanol–water partition coefficient (Wildman–Crippen LogP) is -7.82. The van der Waals surface area contributed by atoms with E-state index in [4.69, 9.17) is 0 Å². The molecule has 1 aromatic rings. The van der Waals surface area contributed by atoms with Gasteiger partial charge >= 0.3 is 41.9 Å². The maximum atomic E-state index is 2.96. The minimum Gasteiger partial charge on any atom is -1.00 e. The summed E-state index contributed by atoms with van der Waals surface area (Å²) < 4.78 is 0. The second-order valence-corrected chi connectivity index (χ2v) is 2.15. The number of nitrogens with zero attached hydrogens (tertiary/aromatic N) is 1. The molecule has 0 aromatic heterocycles. The van der Waals surface area contributed by atoms with E-state index < -0.39 is 0 Å². The molecule has 0 aliphatic rings. The van der Waals surface area contributed by atoms with Crippen molar-refractivity contribution in [2.75, 3.05) is 19.0 Å². The van der Waals surface area contributed by atoms with Crippen molar-refractivity contribution in [1.29, 1.82) is 0 Å². The Kier molecular flexibility index (Phi) is 24.0. The van der Waals surface area contributed by atoms with Crippen molar-refractivity contribution in [3.05, 3.63) is 30.3 Å². The van der Waals surface area contributed by atoms with Gasteiger partial charge in [-0.3, -0.25) is 0 Å². The van der Waals surface area contributed by atoms with Crippen LogP contribution in [0.5, 0.6) is 0 Å². The van der Waals surface area contributed by atoms with E-state index in [1.54, 1.807) is 0 Å². The Balaban J connectivity index is -0.000000101. The van der Waals surface area contributed by atoms with E-state index >= 15 is 0 Å². The number of benzene rings is 1. The van der Waals surface area contributed by atoms with Crippen LogP contribution in [0, 0.1) is 6.07 Å². The van der Waals surface area contributed by atoms with Gasteiger partial charge in [0, 0.05) is 14.1 Å². The second-order valence-electron chi connectivity index (χ2n) is 2.15. The zero-order valence-corrected chi connectivity index (χ0v) is 12.0. The third-order valence-corrected chi connectivity index (χ3v) is 1.22. The number of hydrogen-bond acceptors (Lipinski definition) is 1. The molecule has 0 bridgehead atoms. The van der Waals surface area contributed by atoms with Crippen LogP contribution in [0.3, 0.4) is 0 Å². The molecule has 0 aliphatic heterocycles. The molecule has 13 heavy (non-hydrogen) atoms. The summed E-state index contributed by atoms with van der Waals surface area (Å²) in [6, 6.07) is 10.8. The zero-order valence-electron chi connectivity index (χ0n) is 8.22. The van der Waals surface area contributed by atoms with Crippen LogP contribution in [-0.2, 0) is 0 Å². The van der Waals surface area contributed by atoms with Crippen LogP contribution in [0.2, 0.25) is 0 Å². The molecule has 64 valence electrons. The van der Waals surface area contributed by atoms with Gasteiger partial charge in [-0.2, -0.15) is 18.2 Å². The molecule has 1 nitrogen and oxygen atoms in total. The standard InChI is InChI=1S/C8H10N.BrH.ClH.Li.Mg/c1-9(2)8-6-4-3-5-7-8;;;;/h4-7H,1-2H3;2*1H;;/q-1;;;+1;+2/p-2. The average molecular weight is 267 g/mol. The minimum absolute atomic E-state index is 0. The molecule has 0 unspecified atom stereocenters. The molecule has 0 saturated heterocycles. The fourth-order valence-corrected chi connectivity index (χ4v) is 0.676.